The van der Waals surface area contributed by atoms with Crippen LogP contribution in [0.2, 0.25) is 0 Å². The van der Waals surface area contributed by atoms with Crippen molar-refractivity contribution in [3.05, 3.63) is 69.3 Å². The molecular formula is C16H15N3O4. The summed E-state index contributed by atoms with van der Waals surface area (Å²) in [5.41, 5.74) is 4.31. The lowest BCUT2D eigenvalue weighted by atomic mass is 10.1. The van der Waals surface area contributed by atoms with Gasteiger partial charge in [0, 0.05) is 11.6 Å². The van der Waals surface area contributed by atoms with E-state index in [4.69, 9.17) is 0 Å². The first-order chi connectivity index (χ1) is 11.0. The van der Waals surface area contributed by atoms with Gasteiger partial charge in [0.05, 0.1) is 17.6 Å². The van der Waals surface area contributed by atoms with Crippen molar-refractivity contribution in [1.29, 1.82) is 0 Å². The topological polar surface area (TPSA) is 105 Å². The van der Waals surface area contributed by atoms with Gasteiger partial charge in [0.1, 0.15) is 0 Å². The number of phenols is 1. The number of phenolic OH excluding ortho intramolecular Hbond substituents is 1. The van der Waals surface area contributed by atoms with Gasteiger partial charge in [-0.2, -0.15) is 5.10 Å². The Balaban J connectivity index is 1.96. The standard InChI is InChI=1S/C16H15N3O4/c1-11-2-4-12(5-3-11)9-16(21)18-17-10-13-6-7-15(20)14(8-13)19(22)23/h2-8,10,20H,9H2,1H3,(H,18,21)/b17-10+. The van der Waals surface area contributed by atoms with E-state index in [1.54, 1.807) is 0 Å². The molecule has 118 valence electrons. The lowest BCUT2D eigenvalue weighted by molar-refractivity contribution is -0.385. The Morgan fingerprint density at radius 1 is 1.30 bits per heavy atom. The van der Waals surface area contributed by atoms with Crippen LogP contribution in [0.4, 0.5) is 5.69 Å². The zero-order valence-corrected chi connectivity index (χ0v) is 12.4. The minimum absolute atomic E-state index is 0.188. The number of rotatable bonds is 5. The highest BCUT2D eigenvalue weighted by Gasteiger charge is 2.12. The SMILES string of the molecule is Cc1ccc(CC(=O)N/N=C/c2ccc(O)c([N+](=O)[O-])c2)cc1. The Morgan fingerprint density at radius 2 is 2.00 bits per heavy atom. The lowest BCUT2D eigenvalue weighted by Gasteiger charge is -2.01. The van der Waals surface area contributed by atoms with Gasteiger partial charge in [-0.05, 0) is 24.6 Å². The van der Waals surface area contributed by atoms with E-state index >= 15 is 0 Å². The van der Waals surface area contributed by atoms with Gasteiger partial charge >= 0.3 is 5.69 Å². The first-order valence-corrected chi connectivity index (χ1v) is 6.80. The molecular weight excluding hydrogens is 298 g/mol. The molecule has 2 rings (SSSR count). The van der Waals surface area contributed by atoms with Gasteiger partial charge in [-0.1, -0.05) is 29.8 Å². The first kappa shape index (κ1) is 16.2. The van der Waals surface area contributed by atoms with Crippen LogP contribution < -0.4 is 5.43 Å². The van der Waals surface area contributed by atoms with E-state index in [0.717, 1.165) is 11.1 Å². The van der Waals surface area contributed by atoms with E-state index < -0.39 is 16.4 Å². The van der Waals surface area contributed by atoms with Gasteiger partial charge in [-0.15, -0.1) is 0 Å². The molecule has 0 heterocycles. The quantitative estimate of drug-likeness (QED) is 0.502. The summed E-state index contributed by atoms with van der Waals surface area (Å²) in [6.07, 6.45) is 1.47. The Bertz CT molecular complexity index is 754. The highest BCUT2D eigenvalue weighted by Crippen LogP contribution is 2.25. The fourth-order valence-electron chi connectivity index (χ4n) is 1.88. The summed E-state index contributed by atoms with van der Waals surface area (Å²) in [5, 5.41) is 23.8. The Hall–Kier alpha value is -3.22. The molecule has 0 bridgehead atoms. The molecule has 0 radical (unpaired) electrons. The van der Waals surface area contributed by atoms with Crippen LogP contribution in [0, 0.1) is 17.0 Å². The van der Waals surface area contributed by atoms with Crippen LogP contribution in [0.1, 0.15) is 16.7 Å². The van der Waals surface area contributed by atoms with Crippen LogP contribution in [0.25, 0.3) is 0 Å². The highest BCUT2D eigenvalue weighted by atomic mass is 16.6. The maximum atomic E-state index is 11.7. The normalized spacial score (nSPS) is 10.7. The summed E-state index contributed by atoms with van der Waals surface area (Å²) < 4.78 is 0. The number of aromatic hydroxyl groups is 1. The highest BCUT2D eigenvalue weighted by molar-refractivity contribution is 5.84. The van der Waals surface area contributed by atoms with E-state index in [-0.39, 0.29) is 12.3 Å². The van der Waals surface area contributed by atoms with Crippen LogP contribution in [0.3, 0.4) is 0 Å². The van der Waals surface area contributed by atoms with Crippen LogP contribution in [0.5, 0.6) is 5.75 Å². The number of hydrogen-bond acceptors (Lipinski definition) is 5. The average molecular weight is 313 g/mol. The molecule has 0 atom stereocenters. The van der Waals surface area contributed by atoms with Crippen LogP contribution in [0.15, 0.2) is 47.6 Å². The average Bonchev–Trinajstić information content (AvgIpc) is 2.51. The number of amides is 1. The first-order valence-electron chi connectivity index (χ1n) is 6.80. The van der Waals surface area contributed by atoms with Crippen molar-refractivity contribution in [1.82, 2.24) is 5.43 Å². The van der Waals surface area contributed by atoms with Crippen LogP contribution in [-0.2, 0) is 11.2 Å². The zero-order valence-electron chi connectivity index (χ0n) is 12.4. The van der Waals surface area contributed by atoms with Crippen molar-refractivity contribution in [3.8, 4) is 5.75 Å². The molecule has 7 nitrogen and oxygen atoms in total. The molecule has 2 aromatic rings. The molecule has 0 aliphatic carbocycles. The predicted molar refractivity (Wildman–Crippen MR) is 85.4 cm³/mol. The van der Waals surface area contributed by atoms with Gasteiger partial charge in [0.2, 0.25) is 5.91 Å². The predicted octanol–water partition coefficient (Wildman–Crippen LogP) is 2.30. The number of nitrogens with one attached hydrogen (secondary N) is 1. The molecule has 2 aromatic carbocycles. The minimum Gasteiger partial charge on any atom is -0.502 e. The minimum atomic E-state index is -0.692. The van der Waals surface area contributed by atoms with Crippen LogP contribution >= 0.6 is 0 Å². The summed E-state index contributed by atoms with van der Waals surface area (Å²) in [7, 11) is 0. The Morgan fingerprint density at radius 3 is 2.65 bits per heavy atom. The number of nitro groups is 1. The summed E-state index contributed by atoms with van der Waals surface area (Å²) >= 11 is 0. The van der Waals surface area contributed by atoms with E-state index in [1.807, 2.05) is 31.2 Å². The molecule has 0 aliphatic rings. The van der Waals surface area contributed by atoms with Crippen molar-refractivity contribution in [2.75, 3.05) is 0 Å². The van der Waals surface area contributed by atoms with Crippen molar-refractivity contribution < 1.29 is 14.8 Å². The molecule has 0 saturated heterocycles. The third-order valence-electron chi connectivity index (χ3n) is 3.08. The third kappa shape index (κ3) is 4.63. The second-order valence-electron chi connectivity index (χ2n) is 4.96. The third-order valence-corrected chi connectivity index (χ3v) is 3.08. The number of nitrogens with zero attached hydrogens (tertiary/aromatic N) is 2. The smallest absolute Gasteiger partial charge is 0.311 e. The number of aryl methyl sites for hydroxylation is 1. The van der Waals surface area contributed by atoms with Crippen LogP contribution in [-0.4, -0.2) is 22.2 Å². The number of benzene rings is 2. The number of hydrogen-bond donors (Lipinski definition) is 2. The lowest BCUT2D eigenvalue weighted by Crippen LogP contribution is -2.19. The number of nitro benzene ring substituents is 1. The van der Waals surface area contributed by atoms with E-state index in [2.05, 4.69) is 10.5 Å². The zero-order chi connectivity index (χ0) is 16.8. The summed E-state index contributed by atoms with van der Waals surface area (Å²) in [6, 6.07) is 11.4. The van der Waals surface area contributed by atoms with Crippen molar-refractivity contribution >= 4 is 17.8 Å². The number of carbonyl (C=O) groups is 1. The fraction of sp³-hybridized carbons (Fsp3) is 0.125. The van der Waals surface area contributed by atoms with Gasteiger partial charge < -0.3 is 5.11 Å². The van der Waals surface area contributed by atoms with Crippen molar-refractivity contribution in [2.24, 2.45) is 5.10 Å². The Labute approximate surface area is 132 Å². The summed E-state index contributed by atoms with van der Waals surface area (Å²) in [5.74, 6) is -0.714. The maximum absolute atomic E-state index is 11.7. The van der Waals surface area contributed by atoms with E-state index in [0.29, 0.717) is 5.56 Å². The monoisotopic (exact) mass is 313 g/mol. The molecule has 0 unspecified atom stereocenters. The molecule has 23 heavy (non-hydrogen) atoms. The van der Waals surface area contributed by atoms with Gasteiger partial charge in [-0.3, -0.25) is 14.9 Å². The Kier molecular flexibility index (Phi) is 5.03. The molecule has 0 aliphatic heterocycles. The molecule has 0 spiro atoms. The summed E-state index contributed by atoms with van der Waals surface area (Å²) in [6.45, 7) is 1.96. The molecule has 7 heteroatoms. The maximum Gasteiger partial charge on any atom is 0.311 e. The summed E-state index contributed by atoms with van der Waals surface area (Å²) in [4.78, 5) is 21.8. The molecule has 2 N–H and O–H groups in total. The second-order valence-corrected chi connectivity index (χ2v) is 4.96. The molecule has 0 aromatic heterocycles. The van der Waals surface area contributed by atoms with Crippen molar-refractivity contribution in [3.63, 3.8) is 0 Å². The van der Waals surface area contributed by atoms with Gasteiger partial charge in [-0.25, -0.2) is 5.43 Å². The number of carbonyl (C=O) groups excluding carboxylic acids is 1. The number of hydrazone groups is 1. The van der Waals surface area contributed by atoms with Crippen molar-refractivity contribution in [2.45, 2.75) is 13.3 Å². The molecule has 0 saturated carbocycles. The molecule has 0 fully saturated rings. The van der Waals surface area contributed by atoms with Gasteiger partial charge in [0.15, 0.2) is 5.75 Å². The van der Waals surface area contributed by atoms with E-state index in [9.17, 15) is 20.0 Å². The fourth-order valence-corrected chi connectivity index (χ4v) is 1.88. The largest absolute Gasteiger partial charge is 0.502 e. The van der Waals surface area contributed by atoms with E-state index in [1.165, 1.54) is 24.4 Å². The molecule has 1 amide bonds. The van der Waals surface area contributed by atoms with Gasteiger partial charge in [0.25, 0.3) is 0 Å². The second kappa shape index (κ2) is 7.17.